The van der Waals surface area contributed by atoms with Gasteiger partial charge in [-0.2, -0.15) is 0 Å². The SMILES string of the molecule is CC(=O)O[C@H]1CC[C@]2(C)C3=CC[C@]4(C)[C@@H]([C@H](C)CC[C@H](O)C(C)(C)O)CC[C@@]4(C)[C@@H]3CC[C@H]2C1(C)C. The zero-order valence-electron chi connectivity index (χ0n) is 24.6. The predicted molar refractivity (Wildman–Crippen MR) is 145 cm³/mol. The number of hydrogen-bond donors (Lipinski definition) is 2. The Bertz CT molecular complexity index is 883. The van der Waals surface area contributed by atoms with Crippen LogP contribution >= 0.6 is 0 Å². The first kappa shape index (κ1) is 28.1. The molecule has 0 saturated heterocycles. The molecule has 4 aliphatic carbocycles. The van der Waals surface area contributed by atoms with Crippen LogP contribution in [0.1, 0.15) is 120 Å². The van der Waals surface area contributed by atoms with Crippen LogP contribution in [0, 0.1) is 45.3 Å². The summed E-state index contributed by atoms with van der Waals surface area (Å²) in [6.45, 7) is 19.7. The maximum atomic E-state index is 11.8. The van der Waals surface area contributed by atoms with Gasteiger partial charge in [-0.05, 0) is 112 Å². The normalized spacial score (nSPS) is 43.5. The second-order valence-electron chi connectivity index (χ2n) is 15.1. The van der Waals surface area contributed by atoms with E-state index in [-0.39, 0.29) is 28.3 Å². The summed E-state index contributed by atoms with van der Waals surface area (Å²) in [6.07, 6.45) is 11.9. The lowest BCUT2D eigenvalue weighted by Gasteiger charge is -2.64. The van der Waals surface area contributed by atoms with Crippen LogP contribution in [-0.4, -0.2) is 34.0 Å². The van der Waals surface area contributed by atoms with Gasteiger partial charge < -0.3 is 14.9 Å². The second-order valence-corrected chi connectivity index (χ2v) is 15.1. The molecule has 2 N–H and O–H groups in total. The van der Waals surface area contributed by atoms with E-state index in [2.05, 4.69) is 47.6 Å². The molecule has 0 heterocycles. The highest BCUT2D eigenvalue weighted by molar-refractivity contribution is 5.66. The van der Waals surface area contributed by atoms with Crippen molar-refractivity contribution in [2.75, 3.05) is 0 Å². The highest BCUT2D eigenvalue weighted by atomic mass is 16.5. The van der Waals surface area contributed by atoms with Gasteiger partial charge in [0.1, 0.15) is 6.10 Å². The number of aliphatic hydroxyl groups is 2. The van der Waals surface area contributed by atoms with E-state index in [1.807, 2.05) is 0 Å². The van der Waals surface area contributed by atoms with Crippen LogP contribution in [0.15, 0.2) is 11.6 Å². The van der Waals surface area contributed by atoms with Gasteiger partial charge in [0.05, 0.1) is 11.7 Å². The molecule has 0 bridgehead atoms. The number of aliphatic hydroxyl groups excluding tert-OH is 1. The fourth-order valence-corrected chi connectivity index (χ4v) is 10.0. The molecule has 4 nitrogen and oxygen atoms in total. The third kappa shape index (κ3) is 4.21. The first-order chi connectivity index (χ1) is 16.5. The van der Waals surface area contributed by atoms with Gasteiger partial charge in [-0.1, -0.05) is 53.2 Å². The molecule has 0 aromatic rings. The van der Waals surface area contributed by atoms with Crippen molar-refractivity contribution in [3.63, 3.8) is 0 Å². The number of fused-ring (bicyclic) bond motifs is 5. The van der Waals surface area contributed by atoms with E-state index in [4.69, 9.17) is 4.74 Å². The van der Waals surface area contributed by atoms with Crippen molar-refractivity contribution in [1.29, 1.82) is 0 Å². The summed E-state index contributed by atoms with van der Waals surface area (Å²) in [5.41, 5.74) is 1.43. The number of esters is 1. The molecule has 0 aliphatic heterocycles. The molecule has 0 aromatic heterocycles. The molecule has 0 radical (unpaired) electrons. The van der Waals surface area contributed by atoms with Crippen LogP contribution in [0.2, 0.25) is 0 Å². The fourth-order valence-electron chi connectivity index (χ4n) is 10.0. The summed E-state index contributed by atoms with van der Waals surface area (Å²) < 4.78 is 5.85. The maximum Gasteiger partial charge on any atom is 0.302 e. The van der Waals surface area contributed by atoms with Crippen molar-refractivity contribution < 1.29 is 19.7 Å². The lowest BCUT2D eigenvalue weighted by Crippen LogP contribution is -2.58. The zero-order valence-corrected chi connectivity index (χ0v) is 24.6. The molecular weight excluding hydrogens is 448 g/mol. The molecule has 4 heteroatoms. The van der Waals surface area contributed by atoms with Gasteiger partial charge in [-0.3, -0.25) is 4.79 Å². The van der Waals surface area contributed by atoms with E-state index in [0.717, 1.165) is 25.7 Å². The Morgan fingerprint density at radius 3 is 2.33 bits per heavy atom. The maximum absolute atomic E-state index is 11.8. The molecule has 3 saturated carbocycles. The second kappa shape index (κ2) is 9.11. The zero-order chi connectivity index (χ0) is 26.9. The number of ether oxygens (including phenoxy) is 1. The lowest BCUT2D eigenvalue weighted by atomic mass is 9.41. The Morgan fingerprint density at radius 1 is 1.06 bits per heavy atom. The number of carbonyl (C=O) groups is 1. The third-order valence-electron chi connectivity index (χ3n) is 12.5. The molecule has 0 amide bonds. The summed E-state index contributed by atoms with van der Waals surface area (Å²) >= 11 is 0. The van der Waals surface area contributed by atoms with Crippen LogP contribution in [0.4, 0.5) is 0 Å². The van der Waals surface area contributed by atoms with Crippen molar-refractivity contribution in [1.82, 2.24) is 0 Å². The summed E-state index contributed by atoms with van der Waals surface area (Å²) in [5, 5.41) is 20.6. The highest BCUT2D eigenvalue weighted by Gasteiger charge is 2.65. The van der Waals surface area contributed by atoms with Crippen molar-refractivity contribution in [2.24, 2.45) is 45.3 Å². The molecule has 4 aliphatic rings. The van der Waals surface area contributed by atoms with Crippen LogP contribution in [-0.2, 0) is 9.53 Å². The molecule has 0 spiro atoms. The molecule has 3 fully saturated rings. The number of hydrogen-bond acceptors (Lipinski definition) is 4. The van der Waals surface area contributed by atoms with Crippen LogP contribution in [0.25, 0.3) is 0 Å². The first-order valence-electron chi connectivity index (χ1n) is 14.8. The summed E-state index contributed by atoms with van der Waals surface area (Å²) in [4.78, 5) is 11.8. The summed E-state index contributed by atoms with van der Waals surface area (Å²) in [6, 6.07) is 0. The monoisotopic (exact) mass is 502 g/mol. The van der Waals surface area contributed by atoms with Crippen LogP contribution < -0.4 is 0 Å². The van der Waals surface area contributed by atoms with E-state index in [9.17, 15) is 15.0 Å². The minimum absolute atomic E-state index is 0.0137. The average Bonchev–Trinajstić information content (AvgIpc) is 3.04. The lowest BCUT2D eigenvalue weighted by molar-refractivity contribution is -0.170. The van der Waals surface area contributed by atoms with Crippen LogP contribution in [0.3, 0.4) is 0 Å². The minimum atomic E-state index is -1.04. The molecular formula is C32H54O4. The molecule has 4 rings (SSSR count). The van der Waals surface area contributed by atoms with Gasteiger partial charge in [-0.25, -0.2) is 0 Å². The largest absolute Gasteiger partial charge is 0.462 e. The fraction of sp³-hybridized carbons (Fsp3) is 0.906. The van der Waals surface area contributed by atoms with Crippen LogP contribution in [0.5, 0.6) is 0 Å². The standard InChI is InChI=1S/C32H54O4/c1-20(10-13-26(34)29(5,6)35)22-14-18-32(9)24-11-12-25-28(3,4)27(36-21(2)33)16-17-30(25,7)23(24)15-19-31(22,32)8/h15,20,22,24-27,34-35H,10-14,16-19H2,1-9H3/t20-,22-,24-,25+,26+,27+,30-,31-,32+/m1/s1. The Labute approximate surface area is 220 Å². The quantitative estimate of drug-likeness (QED) is 0.301. The molecule has 0 aromatic carbocycles. The Morgan fingerprint density at radius 2 is 1.72 bits per heavy atom. The number of allylic oxidation sites excluding steroid dienone is 2. The van der Waals surface area contributed by atoms with Gasteiger partial charge in [-0.15, -0.1) is 0 Å². The molecule has 0 unspecified atom stereocenters. The Balaban J connectivity index is 1.58. The Kier molecular flexibility index (Phi) is 7.12. The van der Waals surface area contributed by atoms with Gasteiger partial charge in [0.25, 0.3) is 0 Å². The van der Waals surface area contributed by atoms with Gasteiger partial charge in [0, 0.05) is 12.3 Å². The van der Waals surface area contributed by atoms with Gasteiger partial charge in [0.15, 0.2) is 0 Å². The first-order valence-corrected chi connectivity index (χ1v) is 14.8. The van der Waals surface area contributed by atoms with Crippen molar-refractivity contribution in [3.05, 3.63) is 11.6 Å². The van der Waals surface area contributed by atoms with Crippen molar-refractivity contribution in [2.45, 2.75) is 138 Å². The predicted octanol–water partition coefficient (Wildman–Crippen LogP) is 7.07. The van der Waals surface area contributed by atoms with E-state index in [0.29, 0.717) is 35.5 Å². The third-order valence-corrected chi connectivity index (χ3v) is 12.5. The number of carbonyl (C=O) groups excluding carboxylic acids is 1. The smallest absolute Gasteiger partial charge is 0.302 e. The van der Waals surface area contributed by atoms with E-state index < -0.39 is 11.7 Å². The summed E-state index contributed by atoms with van der Waals surface area (Å²) in [5.74, 6) is 2.22. The summed E-state index contributed by atoms with van der Waals surface area (Å²) in [7, 11) is 0. The van der Waals surface area contributed by atoms with E-state index >= 15 is 0 Å². The topological polar surface area (TPSA) is 66.8 Å². The highest BCUT2D eigenvalue weighted by Crippen LogP contribution is 2.73. The van der Waals surface area contributed by atoms with Crippen molar-refractivity contribution >= 4 is 5.97 Å². The van der Waals surface area contributed by atoms with E-state index in [1.54, 1.807) is 26.3 Å². The average molecular weight is 503 g/mol. The van der Waals surface area contributed by atoms with Gasteiger partial charge >= 0.3 is 5.97 Å². The molecule has 206 valence electrons. The van der Waals surface area contributed by atoms with Gasteiger partial charge in [0.2, 0.25) is 0 Å². The van der Waals surface area contributed by atoms with E-state index in [1.165, 1.54) is 25.7 Å². The Hall–Kier alpha value is -0.870. The minimum Gasteiger partial charge on any atom is -0.462 e. The van der Waals surface area contributed by atoms with Crippen molar-refractivity contribution in [3.8, 4) is 0 Å². The number of rotatable bonds is 6. The molecule has 36 heavy (non-hydrogen) atoms. The molecule has 9 atom stereocenters.